The van der Waals surface area contributed by atoms with Crippen molar-refractivity contribution >= 4 is 56.4 Å². The van der Waals surface area contributed by atoms with Gasteiger partial charge in [-0.3, -0.25) is 0 Å². The van der Waals surface area contributed by atoms with Crippen LogP contribution in [0.25, 0.3) is 21.7 Å². The van der Waals surface area contributed by atoms with Crippen LogP contribution in [0.1, 0.15) is 55.6 Å². The first kappa shape index (κ1) is 45.8. The van der Waals surface area contributed by atoms with Gasteiger partial charge in [0.05, 0.1) is 76.5 Å². The summed E-state index contributed by atoms with van der Waals surface area (Å²) in [5, 5.41) is 3.65. The van der Waals surface area contributed by atoms with Crippen molar-refractivity contribution in [3.63, 3.8) is 0 Å². The third-order valence-corrected chi connectivity index (χ3v) is 17.8. The molecule has 1 atom stereocenters. The van der Waals surface area contributed by atoms with E-state index < -0.39 is 25.7 Å². The number of hydrogen-bond acceptors (Lipinski definition) is 11. The Morgan fingerprint density at radius 1 is 0.631 bits per heavy atom. The average Bonchev–Trinajstić information content (AvgIpc) is 4.03. The quantitative estimate of drug-likeness (QED) is 0.0815. The molecule has 11 nitrogen and oxygen atoms in total. The summed E-state index contributed by atoms with van der Waals surface area (Å²) in [7, 11) is 6.32. The lowest BCUT2D eigenvalue weighted by molar-refractivity contribution is -0.0448. The summed E-state index contributed by atoms with van der Waals surface area (Å²) in [5.74, 6) is 3.87. The maximum Gasteiger partial charge on any atom is 0.262 e. The molecular weight excluding hydrogens is 909 g/mol. The number of halogens is 1. The highest BCUT2D eigenvalue weighted by molar-refractivity contribution is 9.10. The molecule has 0 spiro atoms. The van der Waals surface area contributed by atoms with E-state index in [0.717, 1.165) is 27.1 Å². The molecule has 0 bridgehead atoms. The summed E-state index contributed by atoms with van der Waals surface area (Å²) in [4.78, 5) is 0. The molecule has 1 aromatic heterocycles. The highest BCUT2D eigenvalue weighted by Crippen LogP contribution is 2.55. The molecular formula is C52H55BrO11Si. The van der Waals surface area contributed by atoms with Crippen molar-refractivity contribution in [3.8, 4) is 40.2 Å². The molecule has 6 aromatic carbocycles. The van der Waals surface area contributed by atoms with Crippen LogP contribution in [0.4, 0.5) is 0 Å². The van der Waals surface area contributed by atoms with Gasteiger partial charge in [0.1, 0.15) is 30.0 Å². The standard InChI is InChI=1S/C52H55BrO11Si/c1-52(2,3)65(34-21-15-11-16-22-34,35-23-17-12-18-24-35)64-39(28-33-27-36(51-60-25-26-61-51)44(53)50(59-9)45(33)62-31-32-19-13-10-14-20-32)38-29-37-46(56-6)42-40(54-4)30-41(55-5)48(57-7)43(42)49(58-8)47(37)63-38/h10-24,27,29-30,39,51H,25-26,28,31H2,1-9H3. The SMILES string of the molecule is COc1cc(OC)c2c(OC)c3cc(C(Cc4cc(C5OCCO5)c(Br)c(OC)c4OCc4ccccc4)O[Si](c4ccccc4)(c4ccccc4)C(C)(C)C)oc3c(OC)c2c1OC. The minimum absolute atomic E-state index is 0.266. The molecule has 1 aliphatic heterocycles. The van der Waals surface area contributed by atoms with Crippen molar-refractivity contribution in [2.45, 2.75) is 51.2 Å². The Kier molecular flexibility index (Phi) is 13.7. The second kappa shape index (κ2) is 19.4. The predicted octanol–water partition coefficient (Wildman–Crippen LogP) is 10.9. The van der Waals surface area contributed by atoms with Gasteiger partial charge in [0.25, 0.3) is 8.32 Å². The molecule has 0 aliphatic carbocycles. The van der Waals surface area contributed by atoms with Gasteiger partial charge in [-0.2, -0.15) is 0 Å². The van der Waals surface area contributed by atoms with E-state index in [1.165, 1.54) is 0 Å². The zero-order chi connectivity index (χ0) is 45.9. The van der Waals surface area contributed by atoms with Crippen LogP contribution in [0, 0.1) is 0 Å². The van der Waals surface area contributed by atoms with Crippen LogP contribution >= 0.6 is 15.9 Å². The molecule has 1 aliphatic rings. The van der Waals surface area contributed by atoms with E-state index in [0.29, 0.717) is 85.4 Å². The predicted molar refractivity (Wildman–Crippen MR) is 258 cm³/mol. The molecule has 0 N–H and O–H groups in total. The van der Waals surface area contributed by atoms with Crippen molar-refractivity contribution in [2.24, 2.45) is 0 Å². The van der Waals surface area contributed by atoms with E-state index in [1.54, 1.807) is 48.7 Å². The lowest BCUT2D eigenvalue weighted by Gasteiger charge is -2.45. The van der Waals surface area contributed by atoms with Crippen LogP contribution < -0.4 is 43.5 Å². The molecule has 13 heteroatoms. The Morgan fingerprint density at radius 2 is 1.20 bits per heavy atom. The summed E-state index contributed by atoms with van der Waals surface area (Å²) in [6.07, 6.45) is -1.12. The number of rotatable bonds is 17. The van der Waals surface area contributed by atoms with E-state index in [4.69, 9.17) is 51.5 Å². The summed E-state index contributed by atoms with van der Waals surface area (Å²) in [5.41, 5.74) is 2.97. The minimum atomic E-state index is -3.30. The van der Waals surface area contributed by atoms with Gasteiger partial charge in [-0.25, -0.2) is 0 Å². The summed E-state index contributed by atoms with van der Waals surface area (Å²) < 4.78 is 71.4. The summed E-state index contributed by atoms with van der Waals surface area (Å²) in [6.45, 7) is 7.96. The normalized spacial score (nSPS) is 13.8. The molecule has 0 radical (unpaired) electrons. The van der Waals surface area contributed by atoms with Gasteiger partial charge in [0.2, 0.25) is 0 Å². The minimum Gasteiger partial charge on any atom is -0.496 e. The lowest BCUT2D eigenvalue weighted by atomic mass is 10.00. The lowest BCUT2D eigenvalue weighted by Crippen LogP contribution is -2.67. The molecule has 1 saturated heterocycles. The van der Waals surface area contributed by atoms with Crippen molar-refractivity contribution in [1.82, 2.24) is 0 Å². The van der Waals surface area contributed by atoms with Crippen LogP contribution in [0.15, 0.2) is 118 Å². The van der Waals surface area contributed by atoms with Crippen molar-refractivity contribution in [3.05, 3.63) is 136 Å². The Balaban J connectivity index is 1.44. The molecule has 65 heavy (non-hydrogen) atoms. The number of benzene rings is 6. The van der Waals surface area contributed by atoms with Crippen LogP contribution in [-0.2, 0) is 26.9 Å². The third kappa shape index (κ3) is 8.40. The van der Waals surface area contributed by atoms with Crippen LogP contribution in [0.2, 0.25) is 5.04 Å². The zero-order valence-electron chi connectivity index (χ0n) is 38.2. The maximum atomic E-state index is 8.08. The third-order valence-electron chi connectivity index (χ3n) is 12.0. The van der Waals surface area contributed by atoms with Crippen molar-refractivity contribution < 1.29 is 51.5 Å². The van der Waals surface area contributed by atoms with E-state index in [-0.39, 0.29) is 13.0 Å². The Bertz CT molecular complexity index is 2710. The first-order valence-electron chi connectivity index (χ1n) is 21.4. The Labute approximate surface area is 389 Å². The fourth-order valence-electron chi connectivity index (χ4n) is 9.06. The van der Waals surface area contributed by atoms with Crippen molar-refractivity contribution in [1.29, 1.82) is 0 Å². The monoisotopic (exact) mass is 962 g/mol. The Hall–Kier alpha value is -5.70. The van der Waals surface area contributed by atoms with Gasteiger partial charge in [0.15, 0.2) is 40.6 Å². The zero-order valence-corrected chi connectivity index (χ0v) is 40.8. The van der Waals surface area contributed by atoms with Crippen LogP contribution in [0.3, 0.4) is 0 Å². The second-order valence-electron chi connectivity index (χ2n) is 16.6. The van der Waals surface area contributed by atoms with Gasteiger partial charge in [-0.15, -0.1) is 0 Å². The first-order valence-corrected chi connectivity index (χ1v) is 24.1. The largest absolute Gasteiger partial charge is 0.496 e. The van der Waals surface area contributed by atoms with Gasteiger partial charge in [-0.1, -0.05) is 112 Å². The fraction of sp³-hybridized carbons (Fsp3) is 0.308. The number of fused-ring (bicyclic) bond motifs is 2. The van der Waals surface area contributed by atoms with Gasteiger partial charge < -0.3 is 51.5 Å². The molecule has 1 unspecified atom stereocenters. The molecule has 2 heterocycles. The smallest absolute Gasteiger partial charge is 0.262 e. The summed E-state index contributed by atoms with van der Waals surface area (Å²) >= 11 is 3.85. The van der Waals surface area contributed by atoms with Crippen LogP contribution in [0.5, 0.6) is 40.2 Å². The number of hydrogen-bond donors (Lipinski definition) is 0. The Morgan fingerprint density at radius 3 is 1.74 bits per heavy atom. The van der Waals surface area contributed by atoms with E-state index >= 15 is 0 Å². The average molecular weight is 964 g/mol. The van der Waals surface area contributed by atoms with Crippen LogP contribution in [-0.4, -0.2) is 64.2 Å². The molecule has 7 aromatic rings. The number of furan rings is 1. The highest BCUT2D eigenvalue weighted by atomic mass is 79.9. The van der Waals surface area contributed by atoms with Crippen molar-refractivity contribution in [2.75, 3.05) is 55.9 Å². The van der Waals surface area contributed by atoms with E-state index in [1.807, 2.05) is 48.5 Å². The van der Waals surface area contributed by atoms with Gasteiger partial charge >= 0.3 is 0 Å². The first-order chi connectivity index (χ1) is 31.5. The molecule has 0 amide bonds. The van der Waals surface area contributed by atoms with Gasteiger partial charge in [0, 0.05) is 23.6 Å². The number of ether oxygens (including phenoxy) is 9. The molecule has 0 saturated carbocycles. The maximum absolute atomic E-state index is 8.08. The van der Waals surface area contributed by atoms with Gasteiger partial charge in [-0.05, 0) is 49.0 Å². The molecule has 8 rings (SSSR count). The highest BCUT2D eigenvalue weighted by Gasteiger charge is 2.52. The summed E-state index contributed by atoms with van der Waals surface area (Å²) in [6, 6.07) is 36.9. The van der Waals surface area contributed by atoms with E-state index in [2.05, 4.69) is 91.3 Å². The topological polar surface area (TPSA) is 105 Å². The molecule has 340 valence electrons. The second-order valence-corrected chi connectivity index (χ2v) is 21.7. The number of methoxy groups -OCH3 is 6. The van der Waals surface area contributed by atoms with E-state index in [9.17, 15) is 0 Å². The fourth-order valence-corrected chi connectivity index (χ4v) is 14.3. The molecule has 1 fully saturated rings.